The van der Waals surface area contributed by atoms with Crippen molar-refractivity contribution in [2.24, 2.45) is 0 Å². The van der Waals surface area contributed by atoms with E-state index in [1.54, 1.807) is 6.92 Å². The number of aromatic nitrogens is 1. The van der Waals surface area contributed by atoms with E-state index >= 15 is 0 Å². The van der Waals surface area contributed by atoms with Gasteiger partial charge in [0.25, 0.3) is 0 Å². The number of rotatable bonds is 6. The SMILES string of the molecule is COc1ccc(C(=O)OC(C)C(=O)c2c(C)[nH]c3ccccc23)cc1[N+](=O)[O-]. The lowest BCUT2D eigenvalue weighted by atomic mass is 10.0. The molecular formula is C20H18N2O6. The third-order valence-corrected chi connectivity index (χ3v) is 4.40. The summed E-state index contributed by atoms with van der Waals surface area (Å²) >= 11 is 0. The predicted octanol–water partition coefficient (Wildman–Crippen LogP) is 3.82. The van der Waals surface area contributed by atoms with E-state index in [0.29, 0.717) is 11.3 Å². The molecule has 8 nitrogen and oxygen atoms in total. The number of H-pyrrole nitrogens is 1. The average molecular weight is 382 g/mol. The van der Waals surface area contributed by atoms with Gasteiger partial charge in [0.2, 0.25) is 5.78 Å². The lowest BCUT2D eigenvalue weighted by molar-refractivity contribution is -0.385. The summed E-state index contributed by atoms with van der Waals surface area (Å²) in [5.74, 6) is -1.16. The van der Waals surface area contributed by atoms with Crippen LogP contribution in [0.5, 0.6) is 5.75 Å². The minimum Gasteiger partial charge on any atom is -0.490 e. The molecule has 3 rings (SSSR count). The summed E-state index contributed by atoms with van der Waals surface area (Å²) in [6.07, 6.45) is -1.06. The lowest BCUT2D eigenvalue weighted by Crippen LogP contribution is -2.25. The molecule has 0 radical (unpaired) electrons. The summed E-state index contributed by atoms with van der Waals surface area (Å²) in [4.78, 5) is 38.9. The largest absolute Gasteiger partial charge is 0.490 e. The molecule has 8 heteroatoms. The summed E-state index contributed by atoms with van der Waals surface area (Å²) in [5.41, 5.74) is 1.55. The molecule has 1 N–H and O–H groups in total. The van der Waals surface area contributed by atoms with Crippen LogP contribution in [0.3, 0.4) is 0 Å². The molecule has 0 aliphatic rings. The number of benzene rings is 2. The van der Waals surface area contributed by atoms with Gasteiger partial charge in [-0.1, -0.05) is 18.2 Å². The first-order valence-electron chi connectivity index (χ1n) is 8.48. The van der Waals surface area contributed by atoms with Crippen molar-refractivity contribution >= 4 is 28.3 Å². The van der Waals surface area contributed by atoms with E-state index in [4.69, 9.17) is 9.47 Å². The highest BCUT2D eigenvalue weighted by Crippen LogP contribution is 2.28. The third-order valence-electron chi connectivity index (χ3n) is 4.40. The minimum absolute atomic E-state index is 0.0279. The smallest absolute Gasteiger partial charge is 0.339 e. The molecule has 0 saturated carbocycles. The van der Waals surface area contributed by atoms with Crippen LogP contribution < -0.4 is 4.74 Å². The number of fused-ring (bicyclic) bond motifs is 1. The van der Waals surface area contributed by atoms with Crippen molar-refractivity contribution in [2.45, 2.75) is 20.0 Å². The Hall–Kier alpha value is -3.68. The number of nitro groups is 1. The van der Waals surface area contributed by atoms with Gasteiger partial charge in [0.1, 0.15) is 0 Å². The van der Waals surface area contributed by atoms with Crippen molar-refractivity contribution < 1.29 is 24.0 Å². The van der Waals surface area contributed by atoms with Gasteiger partial charge in [0.05, 0.1) is 17.6 Å². The van der Waals surface area contributed by atoms with E-state index in [9.17, 15) is 19.7 Å². The fourth-order valence-electron chi connectivity index (χ4n) is 3.04. The van der Waals surface area contributed by atoms with Crippen molar-refractivity contribution in [3.05, 3.63) is 69.4 Å². The molecule has 0 aliphatic carbocycles. The first-order chi connectivity index (χ1) is 13.3. The number of aryl methyl sites for hydroxylation is 1. The Balaban J connectivity index is 1.84. The van der Waals surface area contributed by atoms with Crippen LogP contribution in [0, 0.1) is 17.0 Å². The van der Waals surface area contributed by atoms with Gasteiger partial charge < -0.3 is 14.5 Å². The van der Waals surface area contributed by atoms with E-state index in [0.717, 1.165) is 17.0 Å². The highest BCUT2D eigenvalue weighted by Gasteiger charge is 2.26. The Morgan fingerprint density at radius 1 is 1.18 bits per heavy atom. The zero-order valence-electron chi connectivity index (χ0n) is 15.5. The third kappa shape index (κ3) is 3.44. The summed E-state index contributed by atoms with van der Waals surface area (Å²) in [6.45, 7) is 3.24. The fraction of sp³-hybridized carbons (Fsp3) is 0.200. The van der Waals surface area contributed by atoms with Gasteiger partial charge in [0, 0.05) is 28.2 Å². The fourth-order valence-corrected chi connectivity index (χ4v) is 3.04. The number of hydrogen-bond acceptors (Lipinski definition) is 6. The van der Waals surface area contributed by atoms with Crippen molar-refractivity contribution in [3.63, 3.8) is 0 Å². The van der Waals surface area contributed by atoms with Crippen LogP contribution in [-0.2, 0) is 4.74 Å². The topological polar surface area (TPSA) is 112 Å². The number of carbonyl (C=O) groups is 2. The Labute approximate surface area is 160 Å². The maximum atomic E-state index is 12.9. The number of aromatic amines is 1. The van der Waals surface area contributed by atoms with Gasteiger partial charge in [-0.15, -0.1) is 0 Å². The zero-order chi connectivity index (χ0) is 20.4. The molecule has 0 bridgehead atoms. The molecule has 0 amide bonds. The molecule has 2 aromatic carbocycles. The van der Waals surface area contributed by atoms with Crippen LogP contribution in [0.4, 0.5) is 5.69 Å². The maximum absolute atomic E-state index is 12.9. The Morgan fingerprint density at radius 3 is 2.57 bits per heavy atom. The molecule has 3 aromatic rings. The van der Waals surface area contributed by atoms with Gasteiger partial charge in [-0.05, 0) is 32.0 Å². The van der Waals surface area contributed by atoms with Crippen LogP contribution >= 0.6 is 0 Å². The number of para-hydroxylation sites is 1. The van der Waals surface area contributed by atoms with Crippen LogP contribution in [-0.4, -0.2) is 34.9 Å². The minimum atomic E-state index is -1.06. The Kier molecular flexibility index (Phi) is 5.12. The molecule has 1 unspecified atom stereocenters. The number of ether oxygens (including phenoxy) is 2. The van der Waals surface area contributed by atoms with Gasteiger partial charge in [-0.3, -0.25) is 14.9 Å². The molecular weight excluding hydrogens is 364 g/mol. The molecule has 0 aliphatic heterocycles. The second-order valence-corrected chi connectivity index (χ2v) is 6.23. The molecule has 0 spiro atoms. The molecule has 1 heterocycles. The number of methoxy groups -OCH3 is 1. The normalized spacial score (nSPS) is 11.8. The summed E-state index contributed by atoms with van der Waals surface area (Å²) in [7, 11) is 1.30. The second-order valence-electron chi connectivity index (χ2n) is 6.23. The number of nitrogens with zero attached hydrogens (tertiary/aromatic N) is 1. The highest BCUT2D eigenvalue weighted by molar-refractivity contribution is 6.11. The zero-order valence-corrected chi connectivity index (χ0v) is 15.5. The number of ketones is 1. The number of esters is 1. The van der Waals surface area contributed by atoms with E-state index in [1.807, 2.05) is 24.3 Å². The summed E-state index contributed by atoms with van der Waals surface area (Å²) in [6, 6.07) is 11.1. The van der Waals surface area contributed by atoms with Gasteiger partial charge in [0.15, 0.2) is 11.9 Å². The Morgan fingerprint density at radius 2 is 1.89 bits per heavy atom. The lowest BCUT2D eigenvalue weighted by Gasteiger charge is -2.13. The van der Waals surface area contributed by atoms with E-state index in [-0.39, 0.29) is 22.8 Å². The maximum Gasteiger partial charge on any atom is 0.339 e. The highest BCUT2D eigenvalue weighted by atomic mass is 16.6. The van der Waals surface area contributed by atoms with Crippen molar-refractivity contribution in [1.82, 2.24) is 4.98 Å². The predicted molar refractivity (Wildman–Crippen MR) is 102 cm³/mol. The quantitative estimate of drug-likeness (QED) is 0.300. The van der Waals surface area contributed by atoms with Gasteiger partial charge in [-0.2, -0.15) is 0 Å². The number of hydrogen-bond donors (Lipinski definition) is 1. The summed E-state index contributed by atoms with van der Waals surface area (Å²) < 4.78 is 10.2. The number of nitro benzene ring substituents is 1. The van der Waals surface area contributed by atoms with Crippen molar-refractivity contribution in [2.75, 3.05) is 7.11 Å². The van der Waals surface area contributed by atoms with Gasteiger partial charge >= 0.3 is 11.7 Å². The standard InChI is InChI=1S/C20H18N2O6/c1-11-18(14-6-4-5-7-15(14)21-11)19(23)12(2)28-20(24)13-8-9-17(27-3)16(10-13)22(25)26/h4-10,12,21H,1-3H3. The Bertz CT molecular complexity index is 1090. The van der Waals surface area contributed by atoms with E-state index < -0.39 is 17.0 Å². The first-order valence-corrected chi connectivity index (χ1v) is 8.48. The molecule has 0 saturated heterocycles. The molecule has 144 valence electrons. The molecule has 28 heavy (non-hydrogen) atoms. The van der Waals surface area contributed by atoms with Crippen LogP contribution in [0.15, 0.2) is 42.5 Å². The average Bonchev–Trinajstić information content (AvgIpc) is 3.02. The van der Waals surface area contributed by atoms with E-state index in [1.165, 1.54) is 26.2 Å². The van der Waals surface area contributed by atoms with Crippen LogP contribution in [0.25, 0.3) is 10.9 Å². The van der Waals surface area contributed by atoms with E-state index in [2.05, 4.69) is 4.98 Å². The van der Waals surface area contributed by atoms with Crippen LogP contribution in [0.2, 0.25) is 0 Å². The van der Waals surface area contributed by atoms with Gasteiger partial charge in [-0.25, -0.2) is 4.79 Å². The van der Waals surface area contributed by atoms with Crippen molar-refractivity contribution in [3.8, 4) is 5.75 Å². The van der Waals surface area contributed by atoms with Crippen LogP contribution in [0.1, 0.15) is 33.3 Å². The molecule has 1 aromatic heterocycles. The van der Waals surface area contributed by atoms with Crippen molar-refractivity contribution in [1.29, 1.82) is 0 Å². The molecule has 0 fully saturated rings. The number of Topliss-reactive ketones (excluding diaryl/α,β-unsaturated/α-hetero) is 1. The first kappa shape index (κ1) is 19.1. The number of nitrogens with one attached hydrogen (secondary N) is 1. The number of carbonyl (C=O) groups excluding carboxylic acids is 2. The summed E-state index contributed by atoms with van der Waals surface area (Å²) in [5, 5.41) is 11.9. The molecule has 1 atom stereocenters. The monoisotopic (exact) mass is 382 g/mol. The second kappa shape index (κ2) is 7.51.